The maximum Gasteiger partial charge on any atom is 0.194 e. The van der Waals surface area contributed by atoms with Gasteiger partial charge in [0.1, 0.15) is 0 Å². The Kier molecular flexibility index (Phi) is 4.07. The Morgan fingerprint density at radius 3 is 2.42 bits per heavy atom. The first-order chi connectivity index (χ1) is 11.8. The highest BCUT2D eigenvalue weighted by molar-refractivity contribution is 6.26. The van der Waals surface area contributed by atoms with E-state index in [-0.39, 0.29) is 11.6 Å². The predicted molar refractivity (Wildman–Crippen MR) is 91.1 cm³/mol. The summed E-state index contributed by atoms with van der Waals surface area (Å²) in [6.07, 6.45) is 5.63. The number of ketones is 2. The van der Waals surface area contributed by atoms with Crippen LogP contribution in [0.15, 0.2) is 47.2 Å². The van der Waals surface area contributed by atoms with Crippen molar-refractivity contribution in [3.05, 3.63) is 58.3 Å². The van der Waals surface area contributed by atoms with Crippen LogP contribution >= 0.6 is 0 Å². The number of ether oxygens (including phenoxy) is 1. The van der Waals surface area contributed by atoms with Crippen molar-refractivity contribution in [3.8, 4) is 0 Å². The van der Waals surface area contributed by atoms with E-state index in [1.165, 1.54) is 5.70 Å². The number of carbonyl (C=O) groups is 2. The lowest BCUT2D eigenvalue weighted by molar-refractivity contribution is 0.0507. The number of benzene rings is 1. The van der Waals surface area contributed by atoms with Crippen molar-refractivity contribution >= 4 is 11.6 Å². The summed E-state index contributed by atoms with van der Waals surface area (Å²) >= 11 is 0. The standard InChI is InChI=1S/C20H21NO3/c22-19-13-17(20(23)16-7-2-1-6-15(16)19)14-5-3-4-8-18(14)21-9-11-24-12-10-21/h1-2,6-7,13H,3-5,8-12H2. The number of rotatable bonds is 2. The monoisotopic (exact) mass is 323 g/mol. The predicted octanol–water partition coefficient (Wildman–Crippen LogP) is 3.15. The number of fused-ring (bicyclic) bond motifs is 1. The Balaban J connectivity index is 1.77. The van der Waals surface area contributed by atoms with Crippen LogP contribution in [0.25, 0.3) is 0 Å². The molecule has 2 aliphatic carbocycles. The van der Waals surface area contributed by atoms with Gasteiger partial charge < -0.3 is 9.64 Å². The van der Waals surface area contributed by atoms with Gasteiger partial charge in [-0.2, -0.15) is 0 Å². The van der Waals surface area contributed by atoms with E-state index in [4.69, 9.17) is 4.74 Å². The highest BCUT2D eigenvalue weighted by Crippen LogP contribution is 2.36. The normalized spacial score (nSPS) is 21.7. The topological polar surface area (TPSA) is 46.6 Å². The molecule has 24 heavy (non-hydrogen) atoms. The highest BCUT2D eigenvalue weighted by atomic mass is 16.5. The van der Waals surface area contributed by atoms with Gasteiger partial charge in [-0.3, -0.25) is 9.59 Å². The molecule has 0 saturated carbocycles. The average molecular weight is 323 g/mol. The van der Waals surface area contributed by atoms with Crippen molar-refractivity contribution in [3.63, 3.8) is 0 Å². The summed E-state index contributed by atoms with van der Waals surface area (Å²) in [6.45, 7) is 3.19. The number of allylic oxidation sites excluding steroid dienone is 4. The zero-order chi connectivity index (χ0) is 16.5. The average Bonchev–Trinajstić information content (AvgIpc) is 2.65. The molecule has 3 aliphatic rings. The van der Waals surface area contributed by atoms with Gasteiger partial charge in [-0.25, -0.2) is 0 Å². The molecule has 0 atom stereocenters. The summed E-state index contributed by atoms with van der Waals surface area (Å²) in [6, 6.07) is 7.13. The summed E-state index contributed by atoms with van der Waals surface area (Å²) in [5.41, 5.74) is 4.00. The maximum atomic E-state index is 13.0. The second-order valence-electron chi connectivity index (χ2n) is 6.53. The van der Waals surface area contributed by atoms with Crippen molar-refractivity contribution in [2.24, 2.45) is 0 Å². The summed E-state index contributed by atoms with van der Waals surface area (Å²) in [4.78, 5) is 27.8. The molecule has 4 nitrogen and oxygen atoms in total. The number of hydrogen-bond donors (Lipinski definition) is 0. The van der Waals surface area contributed by atoms with Crippen molar-refractivity contribution in [1.29, 1.82) is 0 Å². The van der Waals surface area contributed by atoms with Gasteiger partial charge in [0.2, 0.25) is 0 Å². The van der Waals surface area contributed by atoms with Crippen LogP contribution in [0.3, 0.4) is 0 Å². The van der Waals surface area contributed by atoms with Gasteiger partial charge in [0, 0.05) is 35.5 Å². The number of morpholine rings is 1. The van der Waals surface area contributed by atoms with E-state index in [0.29, 0.717) is 16.7 Å². The maximum absolute atomic E-state index is 13.0. The number of nitrogens with zero attached hydrogens (tertiary/aromatic N) is 1. The fraction of sp³-hybridized carbons (Fsp3) is 0.400. The van der Waals surface area contributed by atoms with Crippen LogP contribution in [-0.4, -0.2) is 42.8 Å². The van der Waals surface area contributed by atoms with E-state index in [1.54, 1.807) is 18.2 Å². The third-order valence-corrected chi connectivity index (χ3v) is 5.11. The summed E-state index contributed by atoms with van der Waals surface area (Å²) in [5.74, 6) is -0.0625. The van der Waals surface area contributed by atoms with Crippen LogP contribution < -0.4 is 0 Å². The molecule has 0 bridgehead atoms. The molecule has 4 heteroatoms. The van der Waals surface area contributed by atoms with E-state index in [1.807, 2.05) is 12.1 Å². The number of carbonyl (C=O) groups excluding carboxylic acids is 2. The Morgan fingerprint density at radius 2 is 1.62 bits per heavy atom. The fourth-order valence-corrected chi connectivity index (χ4v) is 3.90. The van der Waals surface area contributed by atoms with Crippen molar-refractivity contribution in [2.45, 2.75) is 25.7 Å². The van der Waals surface area contributed by atoms with Crippen molar-refractivity contribution < 1.29 is 14.3 Å². The van der Waals surface area contributed by atoms with E-state index in [2.05, 4.69) is 4.90 Å². The number of Topliss-reactive ketones (excluding diaryl/α,β-unsaturated/α-hetero) is 1. The van der Waals surface area contributed by atoms with Crippen LogP contribution in [0.1, 0.15) is 46.4 Å². The molecule has 4 rings (SSSR count). The van der Waals surface area contributed by atoms with E-state index in [9.17, 15) is 9.59 Å². The first kappa shape index (κ1) is 15.3. The molecule has 1 aromatic rings. The van der Waals surface area contributed by atoms with Crippen LogP contribution in [0.2, 0.25) is 0 Å². The zero-order valence-corrected chi connectivity index (χ0v) is 13.7. The van der Waals surface area contributed by atoms with Gasteiger partial charge >= 0.3 is 0 Å². The largest absolute Gasteiger partial charge is 0.378 e. The second-order valence-corrected chi connectivity index (χ2v) is 6.53. The third-order valence-electron chi connectivity index (χ3n) is 5.11. The quantitative estimate of drug-likeness (QED) is 0.839. The van der Waals surface area contributed by atoms with Crippen LogP contribution in [-0.2, 0) is 4.74 Å². The Labute approximate surface area is 141 Å². The fourth-order valence-electron chi connectivity index (χ4n) is 3.90. The molecular formula is C20H21NO3. The molecule has 1 heterocycles. The summed E-state index contributed by atoms with van der Waals surface area (Å²) in [5, 5.41) is 0. The molecular weight excluding hydrogens is 302 g/mol. The van der Waals surface area contributed by atoms with E-state index >= 15 is 0 Å². The van der Waals surface area contributed by atoms with Gasteiger partial charge in [0.25, 0.3) is 0 Å². The molecule has 0 unspecified atom stereocenters. The lowest BCUT2D eigenvalue weighted by Crippen LogP contribution is -2.37. The van der Waals surface area contributed by atoms with Gasteiger partial charge in [-0.05, 0) is 37.3 Å². The van der Waals surface area contributed by atoms with Crippen molar-refractivity contribution in [1.82, 2.24) is 4.90 Å². The summed E-state index contributed by atoms with van der Waals surface area (Å²) in [7, 11) is 0. The number of hydrogen-bond acceptors (Lipinski definition) is 4. The van der Waals surface area contributed by atoms with Gasteiger partial charge in [-0.15, -0.1) is 0 Å². The Bertz CT molecular complexity index is 754. The Hall–Kier alpha value is -2.20. The highest BCUT2D eigenvalue weighted by Gasteiger charge is 2.31. The first-order valence-electron chi connectivity index (χ1n) is 8.70. The molecule has 0 aromatic heterocycles. The van der Waals surface area contributed by atoms with Gasteiger partial charge in [0.05, 0.1) is 13.2 Å². The van der Waals surface area contributed by atoms with Gasteiger partial charge in [-0.1, -0.05) is 24.3 Å². The van der Waals surface area contributed by atoms with Crippen LogP contribution in [0.5, 0.6) is 0 Å². The van der Waals surface area contributed by atoms with Crippen LogP contribution in [0, 0.1) is 0 Å². The molecule has 0 N–H and O–H groups in total. The molecule has 1 aromatic carbocycles. The lowest BCUT2D eigenvalue weighted by atomic mass is 9.81. The first-order valence-corrected chi connectivity index (χ1v) is 8.70. The second kappa shape index (κ2) is 6.36. The molecule has 1 saturated heterocycles. The molecule has 1 fully saturated rings. The SMILES string of the molecule is O=C1C=C(C2=C(N3CCOCC3)CCCC2)C(=O)c2ccccc21. The molecule has 0 spiro atoms. The molecule has 0 amide bonds. The van der Waals surface area contributed by atoms with E-state index < -0.39 is 0 Å². The van der Waals surface area contributed by atoms with E-state index in [0.717, 1.165) is 57.6 Å². The molecule has 1 aliphatic heterocycles. The smallest absolute Gasteiger partial charge is 0.194 e. The zero-order valence-electron chi connectivity index (χ0n) is 13.7. The van der Waals surface area contributed by atoms with Gasteiger partial charge in [0.15, 0.2) is 11.6 Å². The summed E-state index contributed by atoms with van der Waals surface area (Å²) < 4.78 is 5.46. The lowest BCUT2D eigenvalue weighted by Gasteiger charge is -2.35. The molecule has 124 valence electrons. The minimum Gasteiger partial charge on any atom is -0.378 e. The Morgan fingerprint density at radius 1 is 0.917 bits per heavy atom. The minimum atomic E-state index is -0.0559. The molecule has 0 radical (unpaired) electrons. The minimum absolute atomic E-state index is 0.00661. The van der Waals surface area contributed by atoms with Crippen LogP contribution in [0.4, 0.5) is 0 Å². The van der Waals surface area contributed by atoms with Crippen molar-refractivity contribution in [2.75, 3.05) is 26.3 Å². The third kappa shape index (κ3) is 2.61.